The van der Waals surface area contributed by atoms with Crippen LogP contribution in [0.5, 0.6) is 0 Å². The molecule has 0 bridgehead atoms. The largest absolute Gasteiger partial charge is 0.386 e. The van der Waals surface area contributed by atoms with Crippen LogP contribution in [0.15, 0.2) is 24.3 Å². The molecule has 1 aromatic carbocycles. The average Bonchev–Trinajstić information content (AvgIpc) is 3.61. The molecule has 0 atom stereocenters. The number of hydrogen-bond donors (Lipinski definition) is 3. The van der Waals surface area contributed by atoms with Crippen molar-refractivity contribution in [2.24, 2.45) is 17.1 Å². The van der Waals surface area contributed by atoms with Gasteiger partial charge < -0.3 is 25.5 Å². The zero-order valence-electron chi connectivity index (χ0n) is 24.8. The third kappa shape index (κ3) is 5.87. The van der Waals surface area contributed by atoms with Crippen LogP contribution in [-0.4, -0.2) is 41.2 Å². The van der Waals surface area contributed by atoms with Gasteiger partial charge >= 0.3 is 0 Å². The Labute approximate surface area is 238 Å². The van der Waals surface area contributed by atoms with Gasteiger partial charge in [-0.15, -0.1) is 0 Å². The van der Waals surface area contributed by atoms with Crippen molar-refractivity contribution in [3.8, 4) is 11.3 Å². The Bertz CT molecular complexity index is 1230. The van der Waals surface area contributed by atoms with Crippen LogP contribution in [0, 0.1) is 18.3 Å². The molecule has 7 heteroatoms. The van der Waals surface area contributed by atoms with Crippen molar-refractivity contribution < 1.29 is 19.4 Å². The lowest BCUT2D eigenvalue weighted by Crippen LogP contribution is -2.49. The van der Waals surface area contributed by atoms with Gasteiger partial charge in [-0.25, -0.2) is 0 Å². The molecule has 218 valence electrons. The molecular weight excluding hydrogens is 502 g/mol. The highest BCUT2D eigenvalue weighted by Gasteiger charge is 2.41. The van der Waals surface area contributed by atoms with E-state index in [1.807, 2.05) is 26.8 Å². The third-order valence-electron chi connectivity index (χ3n) is 9.97. The monoisotopic (exact) mass is 549 g/mol. The van der Waals surface area contributed by atoms with Crippen molar-refractivity contribution in [1.82, 2.24) is 9.88 Å². The van der Waals surface area contributed by atoms with Gasteiger partial charge in [0.2, 0.25) is 5.91 Å². The molecule has 0 spiro atoms. The summed E-state index contributed by atoms with van der Waals surface area (Å²) in [6.07, 6.45) is 9.52. The number of hydrogen-bond acceptors (Lipinski definition) is 4. The van der Waals surface area contributed by atoms with E-state index in [2.05, 4.69) is 35.0 Å². The van der Waals surface area contributed by atoms with Gasteiger partial charge in [0.25, 0.3) is 5.91 Å². The number of nitrogens with two attached hydrogens (primary N) is 1. The highest BCUT2D eigenvalue weighted by Crippen LogP contribution is 2.49. The summed E-state index contributed by atoms with van der Waals surface area (Å²) in [4.78, 5) is 26.1. The first-order valence-corrected chi connectivity index (χ1v) is 15.2. The van der Waals surface area contributed by atoms with Crippen LogP contribution in [0.25, 0.3) is 11.3 Å². The lowest BCUT2D eigenvalue weighted by atomic mass is 9.79. The first-order valence-electron chi connectivity index (χ1n) is 15.2. The van der Waals surface area contributed by atoms with E-state index < -0.39 is 11.0 Å². The summed E-state index contributed by atoms with van der Waals surface area (Å²) in [5, 5.41) is 14.1. The second-order valence-corrected chi connectivity index (χ2v) is 13.5. The zero-order chi connectivity index (χ0) is 28.7. The Hall–Kier alpha value is -2.64. The number of nitrogens with one attached hydrogen (secondary N) is 1. The number of carbonyl (C=O) groups is 2. The molecular formula is C33H47N3O4. The van der Waals surface area contributed by atoms with Crippen molar-refractivity contribution >= 4 is 11.8 Å². The molecule has 4 N–H and O–H groups in total. The number of aromatic nitrogens is 1. The minimum Gasteiger partial charge on any atom is -0.386 e. The molecule has 3 fully saturated rings. The molecule has 1 aromatic heterocycles. The first-order chi connectivity index (χ1) is 18.9. The topological polar surface area (TPSA) is 107 Å². The fraction of sp³-hybridized carbons (Fsp3) is 0.636. The number of ether oxygens (including phenoxy) is 1. The number of aliphatic hydroxyl groups is 1. The quantitative estimate of drug-likeness (QED) is 0.393. The number of amides is 2. The van der Waals surface area contributed by atoms with Crippen molar-refractivity contribution in [1.29, 1.82) is 0 Å². The van der Waals surface area contributed by atoms with E-state index >= 15 is 0 Å². The molecule has 1 saturated heterocycles. The Kier molecular flexibility index (Phi) is 7.92. The fourth-order valence-corrected chi connectivity index (χ4v) is 6.55. The second kappa shape index (κ2) is 11.0. The van der Waals surface area contributed by atoms with Gasteiger partial charge in [0.1, 0.15) is 0 Å². The highest BCUT2D eigenvalue weighted by molar-refractivity contribution is 5.97. The second-order valence-electron chi connectivity index (χ2n) is 13.5. The van der Waals surface area contributed by atoms with E-state index in [4.69, 9.17) is 10.5 Å². The Morgan fingerprint density at radius 3 is 2.35 bits per heavy atom. The smallest absolute Gasteiger partial charge is 0.253 e. The van der Waals surface area contributed by atoms with Gasteiger partial charge in [-0.3, -0.25) is 9.59 Å². The van der Waals surface area contributed by atoms with Gasteiger partial charge in [-0.1, -0.05) is 32.3 Å². The summed E-state index contributed by atoms with van der Waals surface area (Å²) in [6, 6.07) is 8.52. The highest BCUT2D eigenvalue weighted by atomic mass is 16.5. The van der Waals surface area contributed by atoms with E-state index in [0.717, 1.165) is 41.9 Å². The maximum absolute atomic E-state index is 13.7. The minimum atomic E-state index is -0.973. The molecule has 2 aliphatic carbocycles. The number of carbonyl (C=O) groups excluding carboxylic acids is 2. The molecule has 5 rings (SSSR count). The normalized spacial score (nSPS) is 20.7. The van der Waals surface area contributed by atoms with Crippen LogP contribution < -0.4 is 11.1 Å². The molecule has 0 unspecified atom stereocenters. The van der Waals surface area contributed by atoms with Crippen LogP contribution in [0.1, 0.15) is 106 Å². The van der Waals surface area contributed by atoms with Gasteiger partial charge in [-0.2, -0.15) is 0 Å². The summed E-state index contributed by atoms with van der Waals surface area (Å²) >= 11 is 0. The van der Waals surface area contributed by atoms with Crippen molar-refractivity contribution in [3.05, 3.63) is 46.6 Å². The molecule has 0 radical (unpaired) electrons. The Morgan fingerprint density at radius 2 is 1.75 bits per heavy atom. The lowest BCUT2D eigenvalue weighted by Gasteiger charge is -2.34. The predicted molar refractivity (Wildman–Crippen MR) is 157 cm³/mol. The van der Waals surface area contributed by atoms with Crippen molar-refractivity contribution in [2.45, 2.75) is 103 Å². The van der Waals surface area contributed by atoms with Crippen LogP contribution >= 0.6 is 0 Å². The SMILES string of the molecule is Cc1c(C(=O)NCC2(C(N)=O)CCOCC2)cc(-c2cc(C(C)(C)O)cc(C3(C)CC3)c2)n1CC1CCCCC1. The van der Waals surface area contributed by atoms with E-state index in [9.17, 15) is 14.7 Å². The standard InChI is InChI=1S/C33H47N3O4/c1-22-27(29(37)35-21-33(30(34)38)12-14-40-15-13-33)19-28(36(22)20-23-8-6-5-7-9-23)24-16-25(31(2,3)39)18-26(17-24)32(4)10-11-32/h16-19,23,39H,5-15,20-21H2,1-4H3,(H2,34,38)(H,35,37). The summed E-state index contributed by atoms with van der Waals surface area (Å²) in [6.45, 7) is 10.0. The number of rotatable bonds is 9. The average molecular weight is 550 g/mol. The summed E-state index contributed by atoms with van der Waals surface area (Å²) < 4.78 is 7.78. The van der Waals surface area contributed by atoms with Gasteiger partial charge in [0.15, 0.2) is 0 Å². The molecule has 3 aliphatic rings. The van der Waals surface area contributed by atoms with Gasteiger partial charge in [-0.05, 0) is 106 Å². The fourth-order valence-electron chi connectivity index (χ4n) is 6.55. The van der Waals surface area contributed by atoms with E-state index in [1.165, 1.54) is 37.7 Å². The number of benzene rings is 1. The van der Waals surface area contributed by atoms with E-state index in [-0.39, 0.29) is 23.8 Å². The van der Waals surface area contributed by atoms with Crippen molar-refractivity contribution in [3.63, 3.8) is 0 Å². The first kappa shape index (κ1) is 28.9. The van der Waals surface area contributed by atoms with Crippen LogP contribution in [0.3, 0.4) is 0 Å². The van der Waals surface area contributed by atoms with Gasteiger partial charge in [0.05, 0.1) is 16.6 Å². The summed E-state index contributed by atoms with van der Waals surface area (Å²) in [5.74, 6) is 0.0157. The maximum atomic E-state index is 13.7. The molecule has 2 heterocycles. The molecule has 2 saturated carbocycles. The van der Waals surface area contributed by atoms with E-state index in [1.54, 1.807) is 0 Å². The number of nitrogens with zero attached hydrogens (tertiary/aromatic N) is 1. The number of primary amides is 1. The Balaban J connectivity index is 1.52. The molecule has 1 aliphatic heterocycles. The molecule has 40 heavy (non-hydrogen) atoms. The Morgan fingerprint density at radius 1 is 1.07 bits per heavy atom. The molecule has 2 aromatic rings. The minimum absolute atomic E-state index is 0.138. The van der Waals surface area contributed by atoms with Crippen LogP contribution in [-0.2, 0) is 27.1 Å². The third-order valence-corrected chi connectivity index (χ3v) is 9.97. The summed E-state index contributed by atoms with van der Waals surface area (Å²) in [5.41, 5.74) is 9.95. The van der Waals surface area contributed by atoms with Crippen LogP contribution in [0.4, 0.5) is 0 Å². The van der Waals surface area contributed by atoms with Crippen LogP contribution in [0.2, 0.25) is 0 Å². The van der Waals surface area contributed by atoms with E-state index in [0.29, 0.717) is 37.5 Å². The molecule has 2 amide bonds. The lowest BCUT2D eigenvalue weighted by molar-refractivity contribution is -0.132. The molecule has 7 nitrogen and oxygen atoms in total. The van der Waals surface area contributed by atoms with Crippen molar-refractivity contribution in [2.75, 3.05) is 19.8 Å². The van der Waals surface area contributed by atoms with Gasteiger partial charge in [0, 0.05) is 37.7 Å². The predicted octanol–water partition coefficient (Wildman–Crippen LogP) is 5.33. The summed E-state index contributed by atoms with van der Waals surface area (Å²) in [7, 11) is 0. The maximum Gasteiger partial charge on any atom is 0.253 e. The zero-order valence-corrected chi connectivity index (χ0v) is 24.8.